The summed E-state index contributed by atoms with van der Waals surface area (Å²) in [6, 6.07) is 15.2. The number of rotatable bonds is 4. The molecule has 0 unspecified atom stereocenters. The summed E-state index contributed by atoms with van der Waals surface area (Å²) in [5, 5.41) is 0. The third kappa shape index (κ3) is 3.93. The number of pyridine rings is 1. The van der Waals surface area contributed by atoms with Gasteiger partial charge in [0.1, 0.15) is 5.82 Å². The van der Waals surface area contributed by atoms with E-state index in [1.54, 1.807) is 6.07 Å². The van der Waals surface area contributed by atoms with Crippen LogP contribution in [-0.2, 0) is 11.2 Å². The van der Waals surface area contributed by atoms with Gasteiger partial charge >= 0.3 is 0 Å². The van der Waals surface area contributed by atoms with Crippen LogP contribution < -0.4 is 15.4 Å². The first-order valence-corrected chi connectivity index (χ1v) is 11.1. The molecule has 1 aliphatic carbocycles. The van der Waals surface area contributed by atoms with Crippen molar-refractivity contribution in [3.8, 4) is 0 Å². The van der Waals surface area contributed by atoms with Crippen LogP contribution in [0.2, 0.25) is 0 Å². The summed E-state index contributed by atoms with van der Waals surface area (Å²) < 4.78 is 5.69. The molecule has 3 heterocycles. The molecule has 5 heteroatoms. The van der Waals surface area contributed by atoms with Crippen molar-refractivity contribution in [3.63, 3.8) is 0 Å². The lowest BCUT2D eigenvalue weighted by molar-refractivity contribution is 0.0532. The summed E-state index contributed by atoms with van der Waals surface area (Å²) in [6.45, 7) is 5.53. The maximum atomic E-state index is 12.6. The van der Waals surface area contributed by atoms with Gasteiger partial charge in [-0.05, 0) is 50.0 Å². The molecule has 2 saturated heterocycles. The first-order chi connectivity index (χ1) is 14.2. The van der Waals surface area contributed by atoms with Gasteiger partial charge < -0.3 is 19.5 Å². The van der Waals surface area contributed by atoms with Crippen LogP contribution in [0.3, 0.4) is 0 Å². The summed E-state index contributed by atoms with van der Waals surface area (Å²) >= 11 is 0. The van der Waals surface area contributed by atoms with Gasteiger partial charge in [-0.3, -0.25) is 4.79 Å². The topological polar surface area (TPSA) is 48.6 Å². The summed E-state index contributed by atoms with van der Waals surface area (Å²) in [7, 11) is 0. The number of aromatic nitrogens is 1. The number of aromatic amines is 1. The minimum atomic E-state index is -0.00646. The molecule has 5 nitrogen and oxygen atoms in total. The van der Waals surface area contributed by atoms with E-state index in [-0.39, 0.29) is 11.7 Å². The normalized spacial score (nSPS) is 29.3. The zero-order valence-electron chi connectivity index (χ0n) is 17.2. The van der Waals surface area contributed by atoms with Crippen LogP contribution in [0.4, 0.5) is 11.5 Å². The van der Waals surface area contributed by atoms with Crippen molar-refractivity contribution in [2.45, 2.75) is 44.8 Å². The summed E-state index contributed by atoms with van der Waals surface area (Å²) in [6.07, 6.45) is 5.20. The number of nitrogens with one attached hydrogen (secondary N) is 1. The minimum absolute atomic E-state index is 0.00646. The molecule has 3 fully saturated rings. The van der Waals surface area contributed by atoms with E-state index in [0.717, 1.165) is 43.5 Å². The highest BCUT2D eigenvalue weighted by Gasteiger charge is 2.41. The van der Waals surface area contributed by atoms with Crippen molar-refractivity contribution in [2.24, 2.45) is 11.8 Å². The summed E-state index contributed by atoms with van der Waals surface area (Å²) in [4.78, 5) is 20.5. The Morgan fingerprint density at radius 3 is 2.83 bits per heavy atom. The molecule has 0 radical (unpaired) electrons. The lowest BCUT2D eigenvalue weighted by Gasteiger charge is -2.42. The van der Waals surface area contributed by atoms with Crippen LogP contribution in [0.15, 0.2) is 47.3 Å². The first-order valence-electron chi connectivity index (χ1n) is 11.1. The molecule has 0 amide bonds. The van der Waals surface area contributed by atoms with Gasteiger partial charge in [0.05, 0.1) is 12.7 Å². The predicted molar refractivity (Wildman–Crippen MR) is 117 cm³/mol. The SMILES string of the molecule is C[C@@H]1CN(c2cc(N3C[C@@H]4CC[C@@H](C4)[C@@H]3Cc3ccccc3)[nH]c(=O)c2)CCO1. The van der Waals surface area contributed by atoms with Gasteiger partial charge in [0.15, 0.2) is 0 Å². The van der Waals surface area contributed by atoms with Crippen molar-refractivity contribution in [3.05, 3.63) is 58.4 Å². The molecule has 4 atom stereocenters. The number of benzene rings is 1. The molecule has 2 bridgehead atoms. The molecule has 29 heavy (non-hydrogen) atoms. The molecule has 1 N–H and O–H groups in total. The zero-order valence-corrected chi connectivity index (χ0v) is 17.2. The Morgan fingerprint density at radius 1 is 1.14 bits per heavy atom. The van der Waals surface area contributed by atoms with Crippen LogP contribution in [0, 0.1) is 11.8 Å². The van der Waals surface area contributed by atoms with E-state index in [2.05, 4.69) is 58.1 Å². The molecule has 2 aromatic rings. The van der Waals surface area contributed by atoms with Gasteiger partial charge in [0.25, 0.3) is 5.56 Å². The van der Waals surface area contributed by atoms with E-state index >= 15 is 0 Å². The number of H-pyrrole nitrogens is 1. The number of fused-ring (bicyclic) bond motifs is 2. The molecule has 5 rings (SSSR count). The third-order valence-electron chi connectivity index (χ3n) is 7.00. The Balaban J connectivity index is 1.46. The fourth-order valence-electron chi connectivity index (χ4n) is 5.61. The van der Waals surface area contributed by atoms with Gasteiger partial charge in [-0.15, -0.1) is 0 Å². The number of piperidine rings is 1. The molecular weight excluding hydrogens is 362 g/mol. The molecule has 154 valence electrons. The second-order valence-corrected chi connectivity index (χ2v) is 9.06. The smallest absolute Gasteiger partial charge is 0.251 e. The molecule has 0 spiro atoms. The highest BCUT2D eigenvalue weighted by atomic mass is 16.5. The van der Waals surface area contributed by atoms with Gasteiger partial charge in [-0.25, -0.2) is 0 Å². The van der Waals surface area contributed by atoms with Gasteiger partial charge in [-0.2, -0.15) is 0 Å². The van der Waals surface area contributed by atoms with Gasteiger partial charge in [-0.1, -0.05) is 30.3 Å². The largest absolute Gasteiger partial charge is 0.375 e. The van der Waals surface area contributed by atoms with Gasteiger partial charge in [0, 0.05) is 43.5 Å². The van der Waals surface area contributed by atoms with Crippen molar-refractivity contribution >= 4 is 11.5 Å². The van der Waals surface area contributed by atoms with Crippen molar-refractivity contribution < 1.29 is 4.74 Å². The Morgan fingerprint density at radius 2 is 2.00 bits per heavy atom. The number of hydrogen-bond acceptors (Lipinski definition) is 4. The summed E-state index contributed by atoms with van der Waals surface area (Å²) in [5.74, 6) is 2.45. The maximum absolute atomic E-state index is 12.6. The second-order valence-electron chi connectivity index (χ2n) is 9.06. The van der Waals surface area contributed by atoms with Crippen LogP contribution in [0.25, 0.3) is 0 Å². The minimum Gasteiger partial charge on any atom is -0.375 e. The van der Waals surface area contributed by atoms with Crippen LogP contribution in [0.1, 0.15) is 31.7 Å². The molecule has 1 saturated carbocycles. The average Bonchev–Trinajstić information content (AvgIpc) is 3.13. The van der Waals surface area contributed by atoms with Crippen molar-refractivity contribution in [1.82, 2.24) is 4.98 Å². The van der Waals surface area contributed by atoms with Crippen molar-refractivity contribution in [1.29, 1.82) is 0 Å². The lowest BCUT2D eigenvalue weighted by Crippen LogP contribution is -2.48. The number of anilines is 2. The molecular formula is C24H31N3O2. The average molecular weight is 394 g/mol. The number of nitrogens with zero attached hydrogens (tertiary/aromatic N) is 2. The fourth-order valence-corrected chi connectivity index (χ4v) is 5.61. The monoisotopic (exact) mass is 393 g/mol. The molecule has 2 aliphatic heterocycles. The zero-order chi connectivity index (χ0) is 19.8. The second kappa shape index (κ2) is 7.86. The fraction of sp³-hybridized carbons (Fsp3) is 0.542. The van der Waals surface area contributed by atoms with E-state index in [1.165, 1.54) is 24.8 Å². The van der Waals surface area contributed by atoms with E-state index < -0.39 is 0 Å². The Labute approximate surface area is 172 Å². The van der Waals surface area contributed by atoms with Crippen molar-refractivity contribution in [2.75, 3.05) is 36.0 Å². The quantitative estimate of drug-likeness (QED) is 0.864. The van der Waals surface area contributed by atoms with E-state index in [4.69, 9.17) is 4.74 Å². The van der Waals surface area contributed by atoms with E-state index in [0.29, 0.717) is 18.6 Å². The number of morpholine rings is 1. The number of ether oxygens (including phenoxy) is 1. The third-order valence-corrected chi connectivity index (χ3v) is 7.00. The molecule has 1 aromatic carbocycles. The van der Waals surface area contributed by atoms with Crippen LogP contribution in [-0.4, -0.2) is 43.4 Å². The molecule has 1 aromatic heterocycles. The Bertz CT molecular complexity index is 896. The van der Waals surface area contributed by atoms with Gasteiger partial charge in [0.2, 0.25) is 0 Å². The van der Waals surface area contributed by atoms with E-state index in [1.807, 2.05) is 0 Å². The maximum Gasteiger partial charge on any atom is 0.251 e. The predicted octanol–water partition coefficient (Wildman–Crippen LogP) is 3.45. The van der Waals surface area contributed by atoms with E-state index in [9.17, 15) is 4.79 Å². The van der Waals surface area contributed by atoms with Crippen LogP contribution >= 0.6 is 0 Å². The summed E-state index contributed by atoms with van der Waals surface area (Å²) in [5.41, 5.74) is 2.40. The standard InChI is InChI=1S/C24H31N3O2/c1-17-15-26(9-10-29-17)21-13-23(25-24(28)14-21)27-16-19-7-8-20(11-19)22(27)12-18-5-3-2-4-6-18/h2-6,13-14,17,19-20,22H,7-12,15-16H2,1H3,(H,25,28)/t17-,19-,20+,22+/m1/s1. The number of hydrogen-bond donors (Lipinski definition) is 1. The van der Waals surface area contributed by atoms with Crippen LogP contribution in [0.5, 0.6) is 0 Å². The first kappa shape index (κ1) is 18.7. The highest BCUT2D eigenvalue weighted by molar-refractivity contribution is 5.56. The Hall–Kier alpha value is -2.27. The Kier molecular flexibility index (Phi) is 5.08. The highest BCUT2D eigenvalue weighted by Crippen LogP contribution is 2.43. The lowest BCUT2D eigenvalue weighted by atomic mass is 9.86. The molecule has 3 aliphatic rings.